The van der Waals surface area contributed by atoms with Gasteiger partial charge in [-0.3, -0.25) is 4.90 Å². The highest BCUT2D eigenvalue weighted by molar-refractivity contribution is 5.64. The molecule has 2 aromatic heterocycles. The normalized spacial score (nSPS) is 17.0. The molecule has 196 valence electrons. The highest BCUT2D eigenvalue weighted by atomic mass is 19.1. The molecular formula is C25H30F2N8O2. The first-order valence-corrected chi connectivity index (χ1v) is 12.1. The number of ether oxygens (including phenoxy) is 1. The Labute approximate surface area is 213 Å². The van der Waals surface area contributed by atoms with E-state index >= 15 is 0 Å². The molecule has 3 N–H and O–H groups in total. The minimum absolute atomic E-state index is 0.0966. The number of methoxy groups -OCH3 is 1. The van der Waals surface area contributed by atoms with Gasteiger partial charge < -0.3 is 25.4 Å². The smallest absolute Gasteiger partial charge is 0.224 e. The molecule has 37 heavy (non-hydrogen) atoms. The van der Waals surface area contributed by atoms with E-state index < -0.39 is 17.7 Å². The predicted octanol–water partition coefficient (Wildman–Crippen LogP) is 1.86. The fourth-order valence-electron chi connectivity index (χ4n) is 4.65. The number of aliphatic hydroxyl groups is 1. The molecule has 0 radical (unpaired) electrons. The molecule has 0 aliphatic carbocycles. The Kier molecular flexibility index (Phi) is 6.94. The summed E-state index contributed by atoms with van der Waals surface area (Å²) in [6.07, 6.45) is 5.44. The molecule has 12 heteroatoms. The Morgan fingerprint density at radius 2 is 1.73 bits per heavy atom. The Morgan fingerprint density at radius 3 is 2.38 bits per heavy atom. The first kappa shape index (κ1) is 24.9. The van der Waals surface area contributed by atoms with Crippen molar-refractivity contribution in [3.8, 4) is 11.6 Å². The average Bonchev–Trinajstić information content (AvgIpc) is 3.21. The van der Waals surface area contributed by atoms with Crippen molar-refractivity contribution in [3.05, 3.63) is 53.4 Å². The van der Waals surface area contributed by atoms with E-state index in [0.717, 1.165) is 37.0 Å². The number of hydrogen-bond acceptors (Lipinski definition) is 9. The summed E-state index contributed by atoms with van der Waals surface area (Å²) in [5, 5.41) is 14.2. The van der Waals surface area contributed by atoms with E-state index in [2.05, 4.69) is 26.0 Å². The topological polar surface area (TPSA) is 109 Å². The van der Waals surface area contributed by atoms with E-state index in [9.17, 15) is 13.9 Å². The van der Waals surface area contributed by atoms with Gasteiger partial charge in [0.05, 0.1) is 25.1 Å². The molecule has 2 saturated heterocycles. The van der Waals surface area contributed by atoms with Gasteiger partial charge in [-0.25, -0.2) is 13.5 Å². The van der Waals surface area contributed by atoms with Crippen LogP contribution in [-0.2, 0) is 0 Å². The summed E-state index contributed by atoms with van der Waals surface area (Å²) in [5.41, 5.74) is 8.35. The van der Waals surface area contributed by atoms with Crippen LogP contribution in [0.5, 0.6) is 5.75 Å². The molecule has 2 aliphatic heterocycles. The van der Waals surface area contributed by atoms with E-state index in [0.29, 0.717) is 49.3 Å². The van der Waals surface area contributed by atoms with Gasteiger partial charge in [0.25, 0.3) is 0 Å². The monoisotopic (exact) mass is 512 g/mol. The Bertz CT molecular complexity index is 1280. The maximum absolute atomic E-state index is 13.6. The molecule has 0 saturated carbocycles. The molecular weight excluding hydrogens is 482 g/mol. The molecule has 0 amide bonds. The van der Waals surface area contributed by atoms with Crippen LogP contribution >= 0.6 is 0 Å². The van der Waals surface area contributed by atoms with Crippen molar-refractivity contribution >= 4 is 23.5 Å². The number of benzene rings is 1. The molecule has 0 spiro atoms. The first-order valence-electron chi connectivity index (χ1n) is 12.1. The van der Waals surface area contributed by atoms with Crippen molar-refractivity contribution in [1.29, 1.82) is 0 Å². The molecule has 4 heterocycles. The van der Waals surface area contributed by atoms with Gasteiger partial charge in [0.2, 0.25) is 17.5 Å². The summed E-state index contributed by atoms with van der Waals surface area (Å²) in [6, 6.07) is 3.63. The number of nitrogen functional groups attached to an aromatic ring is 1. The van der Waals surface area contributed by atoms with Crippen LogP contribution in [-0.4, -0.2) is 88.8 Å². The van der Waals surface area contributed by atoms with E-state index in [1.54, 1.807) is 18.0 Å². The molecule has 3 aromatic rings. The highest BCUT2D eigenvalue weighted by Gasteiger charge is 2.31. The zero-order valence-electron chi connectivity index (χ0n) is 20.8. The number of β-amino-alcohol motifs (C(OH)–C–C–N with tert-alkyl or cyclic N) is 1. The van der Waals surface area contributed by atoms with Crippen molar-refractivity contribution in [1.82, 2.24) is 24.6 Å². The number of nitrogens with two attached hydrogens (primary N) is 1. The van der Waals surface area contributed by atoms with Gasteiger partial charge in [0, 0.05) is 63.1 Å². The third-order valence-electron chi connectivity index (χ3n) is 6.71. The molecule has 10 nitrogen and oxygen atoms in total. The number of rotatable bonds is 7. The van der Waals surface area contributed by atoms with Gasteiger partial charge in [0.15, 0.2) is 5.82 Å². The summed E-state index contributed by atoms with van der Waals surface area (Å²) < 4.78 is 34.4. The van der Waals surface area contributed by atoms with Gasteiger partial charge in [-0.15, -0.1) is 0 Å². The van der Waals surface area contributed by atoms with Crippen molar-refractivity contribution < 1.29 is 18.6 Å². The summed E-state index contributed by atoms with van der Waals surface area (Å²) in [7, 11) is 1.54. The standard InChI is InChI=1S/C25H30F2N8O2/c1-16-17(4-3-5-32-6-8-33(9-7-32)20-11-18(26)10-19(27)12-20)13-29-35(16)24-22(37-2)23(30-25(28)31-24)34-14-21(36)15-34/h3-4,10-13,21,36H,5-9,14-15H2,1-2H3,(H2,28,30,31). The lowest BCUT2D eigenvalue weighted by Crippen LogP contribution is -2.51. The largest absolute Gasteiger partial charge is 0.490 e. The van der Waals surface area contributed by atoms with Crippen LogP contribution in [0.3, 0.4) is 0 Å². The molecule has 2 fully saturated rings. The van der Waals surface area contributed by atoms with E-state index in [-0.39, 0.29) is 5.95 Å². The average molecular weight is 513 g/mol. The van der Waals surface area contributed by atoms with Crippen LogP contribution in [0.15, 0.2) is 30.5 Å². The Balaban J connectivity index is 1.25. The molecule has 0 atom stereocenters. The zero-order chi connectivity index (χ0) is 26.1. The van der Waals surface area contributed by atoms with E-state index in [1.165, 1.54) is 12.1 Å². The fraction of sp³-hybridized carbons (Fsp3) is 0.400. The quantitative estimate of drug-likeness (QED) is 0.490. The number of nitrogens with zero attached hydrogens (tertiary/aromatic N) is 7. The third-order valence-corrected chi connectivity index (χ3v) is 6.71. The number of halogens is 2. The van der Waals surface area contributed by atoms with Gasteiger partial charge >= 0.3 is 0 Å². The van der Waals surface area contributed by atoms with Crippen LogP contribution < -0.4 is 20.3 Å². The second kappa shape index (κ2) is 10.3. The summed E-state index contributed by atoms with van der Waals surface area (Å²) in [6.45, 7) is 6.53. The van der Waals surface area contributed by atoms with Crippen LogP contribution in [0, 0.1) is 18.6 Å². The van der Waals surface area contributed by atoms with Crippen molar-refractivity contribution in [2.75, 3.05) is 68.5 Å². The Hall–Kier alpha value is -3.77. The highest BCUT2D eigenvalue weighted by Crippen LogP contribution is 2.35. The summed E-state index contributed by atoms with van der Waals surface area (Å²) >= 11 is 0. The second-order valence-corrected chi connectivity index (χ2v) is 9.24. The minimum atomic E-state index is -0.561. The first-order chi connectivity index (χ1) is 17.8. The van der Waals surface area contributed by atoms with Crippen molar-refractivity contribution in [3.63, 3.8) is 0 Å². The lowest BCUT2D eigenvalue weighted by atomic mass is 10.1. The molecule has 0 unspecified atom stereocenters. The lowest BCUT2D eigenvalue weighted by Gasteiger charge is -2.37. The van der Waals surface area contributed by atoms with Gasteiger partial charge in [-0.05, 0) is 19.1 Å². The minimum Gasteiger partial charge on any atom is -0.490 e. The van der Waals surface area contributed by atoms with Gasteiger partial charge in [-0.2, -0.15) is 15.1 Å². The van der Waals surface area contributed by atoms with E-state index in [1.807, 2.05) is 22.8 Å². The summed E-state index contributed by atoms with van der Waals surface area (Å²) in [4.78, 5) is 14.9. The van der Waals surface area contributed by atoms with Crippen LogP contribution in [0.2, 0.25) is 0 Å². The molecule has 5 rings (SSSR count). The zero-order valence-corrected chi connectivity index (χ0v) is 20.8. The third kappa shape index (κ3) is 5.20. The number of piperazine rings is 1. The van der Waals surface area contributed by atoms with E-state index in [4.69, 9.17) is 10.5 Å². The lowest BCUT2D eigenvalue weighted by molar-refractivity contribution is 0.140. The predicted molar refractivity (Wildman–Crippen MR) is 137 cm³/mol. The van der Waals surface area contributed by atoms with Crippen LogP contribution in [0.25, 0.3) is 11.9 Å². The molecule has 2 aliphatic rings. The fourth-order valence-corrected chi connectivity index (χ4v) is 4.65. The van der Waals surface area contributed by atoms with Gasteiger partial charge in [-0.1, -0.05) is 12.2 Å². The number of aromatic nitrogens is 4. The molecule has 1 aromatic carbocycles. The van der Waals surface area contributed by atoms with Crippen LogP contribution in [0.1, 0.15) is 11.3 Å². The maximum atomic E-state index is 13.6. The van der Waals surface area contributed by atoms with Gasteiger partial charge in [0.1, 0.15) is 11.6 Å². The second-order valence-electron chi connectivity index (χ2n) is 9.24. The Morgan fingerprint density at radius 1 is 1.05 bits per heavy atom. The molecule has 0 bridgehead atoms. The van der Waals surface area contributed by atoms with Crippen molar-refractivity contribution in [2.45, 2.75) is 13.0 Å². The number of aliphatic hydroxyl groups excluding tert-OH is 1. The number of anilines is 3. The maximum Gasteiger partial charge on any atom is 0.224 e. The van der Waals surface area contributed by atoms with Crippen molar-refractivity contribution in [2.24, 2.45) is 0 Å². The summed E-state index contributed by atoms with van der Waals surface area (Å²) in [5.74, 6) is 0.386. The van der Waals surface area contributed by atoms with Crippen LogP contribution in [0.4, 0.5) is 26.2 Å². The number of hydrogen-bond donors (Lipinski definition) is 2. The SMILES string of the molecule is COc1c(N2CC(O)C2)nc(N)nc1-n1ncc(C=CCN2CCN(c3cc(F)cc(F)c3)CC2)c1C.